The van der Waals surface area contributed by atoms with Crippen molar-refractivity contribution in [2.24, 2.45) is 5.92 Å². The number of hydrogen-bond acceptors (Lipinski definition) is 3. The van der Waals surface area contributed by atoms with E-state index in [0.717, 1.165) is 38.2 Å². The molecule has 120 valence electrons. The van der Waals surface area contributed by atoms with Gasteiger partial charge >= 0.3 is 0 Å². The van der Waals surface area contributed by atoms with Gasteiger partial charge < -0.3 is 10.1 Å². The average Bonchev–Trinajstić information content (AvgIpc) is 2.52. The molecule has 1 aliphatic carbocycles. The van der Waals surface area contributed by atoms with E-state index in [1.165, 1.54) is 19.3 Å². The average molecular weight is 302 g/mol. The van der Waals surface area contributed by atoms with Gasteiger partial charge in [0.05, 0.1) is 0 Å². The third kappa shape index (κ3) is 4.23. The molecule has 1 aromatic carbocycles. The predicted molar refractivity (Wildman–Crippen MR) is 86.9 cm³/mol. The van der Waals surface area contributed by atoms with E-state index in [-0.39, 0.29) is 11.8 Å². The number of ether oxygens (including phenoxy) is 1. The van der Waals surface area contributed by atoms with E-state index in [1.807, 2.05) is 30.3 Å². The molecular formula is C18H26N2O2. The number of hydrogen-bond donors (Lipinski definition) is 1. The molecule has 0 unspecified atom stereocenters. The van der Waals surface area contributed by atoms with E-state index in [9.17, 15) is 4.79 Å². The SMILES string of the molecule is O=C(NC1CCC1)C1CCN(CCOc2ccccc2)CC1. The number of piperidine rings is 1. The van der Waals surface area contributed by atoms with Gasteiger partial charge in [0, 0.05) is 18.5 Å². The van der Waals surface area contributed by atoms with Crippen LogP contribution in [0, 0.1) is 5.92 Å². The number of carbonyl (C=O) groups excluding carboxylic acids is 1. The van der Waals surface area contributed by atoms with Crippen LogP contribution >= 0.6 is 0 Å². The highest BCUT2D eigenvalue weighted by Crippen LogP contribution is 2.21. The summed E-state index contributed by atoms with van der Waals surface area (Å²) in [4.78, 5) is 14.6. The van der Waals surface area contributed by atoms with Gasteiger partial charge in [0.25, 0.3) is 0 Å². The molecule has 4 heteroatoms. The van der Waals surface area contributed by atoms with Gasteiger partial charge in [0.1, 0.15) is 12.4 Å². The monoisotopic (exact) mass is 302 g/mol. The van der Waals surface area contributed by atoms with Crippen LogP contribution in [0.3, 0.4) is 0 Å². The number of nitrogens with zero attached hydrogens (tertiary/aromatic N) is 1. The molecule has 0 atom stereocenters. The third-order valence-electron chi connectivity index (χ3n) is 4.83. The molecule has 2 aliphatic rings. The van der Waals surface area contributed by atoms with Gasteiger partial charge in [-0.05, 0) is 57.3 Å². The molecule has 1 amide bonds. The molecule has 3 rings (SSSR count). The summed E-state index contributed by atoms with van der Waals surface area (Å²) >= 11 is 0. The lowest BCUT2D eigenvalue weighted by Crippen LogP contribution is -2.46. The van der Waals surface area contributed by atoms with Gasteiger partial charge in [-0.3, -0.25) is 9.69 Å². The van der Waals surface area contributed by atoms with E-state index in [2.05, 4.69) is 10.2 Å². The van der Waals surface area contributed by atoms with E-state index in [1.54, 1.807) is 0 Å². The van der Waals surface area contributed by atoms with Crippen LogP contribution in [0.1, 0.15) is 32.1 Å². The van der Waals surface area contributed by atoms with Crippen LogP contribution in [0.25, 0.3) is 0 Å². The summed E-state index contributed by atoms with van der Waals surface area (Å²) in [6, 6.07) is 10.4. The van der Waals surface area contributed by atoms with Crippen molar-refractivity contribution >= 4 is 5.91 Å². The van der Waals surface area contributed by atoms with E-state index in [4.69, 9.17) is 4.74 Å². The van der Waals surface area contributed by atoms with Gasteiger partial charge in [0.2, 0.25) is 5.91 Å². The van der Waals surface area contributed by atoms with Gasteiger partial charge in [-0.25, -0.2) is 0 Å². The lowest BCUT2D eigenvalue weighted by molar-refractivity contribution is -0.127. The first-order chi connectivity index (χ1) is 10.8. The molecule has 0 bridgehead atoms. The Balaban J connectivity index is 1.32. The van der Waals surface area contributed by atoms with Crippen LogP contribution in [0.15, 0.2) is 30.3 Å². The standard InChI is InChI=1S/C18H26N2O2/c21-18(19-16-5-4-6-16)15-9-11-20(12-10-15)13-14-22-17-7-2-1-3-8-17/h1-3,7-8,15-16H,4-6,9-14H2,(H,19,21). The van der Waals surface area contributed by atoms with E-state index >= 15 is 0 Å². The molecule has 0 radical (unpaired) electrons. The fraction of sp³-hybridized carbons (Fsp3) is 0.611. The van der Waals surface area contributed by atoms with Gasteiger partial charge in [0.15, 0.2) is 0 Å². The maximum Gasteiger partial charge on any atom is 0.223 e. The zero-order valence-corrected chi connectivity index (χ0v) is 13.2. The summed E-state index contributed by atoms with van der Waals surface area (Å²) in [5, 5.41) is 3.18. The summed E-state index contributed by atoms with van der Waals surface area (Å²) in [6.07, 6.45) is 5.56. The minimum Gasteiger partial charge on any atom is -0.492 e. The highest BCUT2D eigenvalue weighted by atomic mass is 16.5. The Hall–Kier alpha value is -1.55. The van der Waals surface area contributed by atoms with Crippen molar-refractivity contribution in [2.75, 3.05) is 26.2 Å². The number of amides is 1. The molecule has 1 saturated carbocycles. The van der Waals surface area contributed by atoms with Crippen molar-refractivity contribution in [3.63, 3.8) is 0 Å². The maximum absolute atomic E-state index is 12.2. The molecular weight excluding hydrogens is 276 g/mol. The predicted octanol–water partition coefficient (Wildman–Crippen LogP) is 2.45. The molecule has 1 aliphatic heterocycles. The lowest BCUT2D eigenvalue weighted by Gasteiger charge is -2.33. The van der Waals surface area contributed by atoms with Crippen LogP contribution in [-0.4, -0.2) is 43.1 Å². The van der Waals surface area contributed by atoms with Crippen LogP contribution in [-0.2, 0) is 4.79 Å². The lowest BCUT2D eigenvalue weighted by atomic mass is 9.90. The van der Waals surface area contributed by atoms with Crippen molar-refractivity contribution in [1.82, 2.24) is 10.2 Å². The first kappa shape index (κ1) is 15.3. The Morgan fingerprint density at radius 1 is 1.14 bits per heavy atom. The van der Waals surface area contributed by atoms with Crippen molar-refractivity contribution in [3.8, 4) is 5.75 Å². The summed E-state index contributed by atoms with van der Waals surface area (Å²) in [5.74, 6) is 1.43. The van der Waals surface area contributed by atoms with E-state index < -0.39 is 0 Å². The van der Waals surface area contributed by atoms with Crippen LogP contribution in [0.2, 0.25) is 0 Å². The third-order valence-corrected chi connectivity index (χ3v) is 4.83. The fourth-order valence-corrected chi connectivity index (χ4v) is 3.10. The first-order valence-corrected chi connectivity index (χ1v) is 8.52. The van der Waals surface area contributed by atoms with Gasteiger partial charge in [-0.1, -0.05) is 18.2 Å². The van der Waals surface area contributed by atoms with Crippen LogP contribution in [0.4, 0.5) is 0 Å². The molecule has 1 saturated heterocycles. The fourth-order valence-electron chi connectivity index (χ4n) is 3.10. The van der Waals surface area contributed by atoms with E-state index in [0.29, 0.717) is 12.6 Å². The smallest absolute Gasteiger partial charge is 0.223 e. The molecule has 1 N–H and O–H groups in total. The number of carbonyl (C=O) groups is 1. The minimum atomic E-state index is 0.215. The molecule has 1 heterocycles. The maximum atomic E-state index is 12.2. The molecule has 0 spiro atoms. The molecule has 0 aromatic heterocycles. The second kappa shape index (κ2) is 7.63. The Labute approximate surface area is 132 Å². The Bertz CT molecular complexity index is 465. The number of likely N-dealkylation sites (tertiary alicyclic amines) is 1. The number of rotatable bonds is 6. The van der Waals surface area contributed by atoms with Crippen LogP contribution in [0.5, 0.6) is 5.75 Å². The summed E-state index contributed by atoms with van der Waals surface area (Å²) in [7, 11) is 0. The van der Waals surface area contributed by atoms with Crippen molar-refractivity contribution in [2.45, 2.75) is 38.1 Å². The summed E-state index contributed by atoms with van der Waals surface area (Å²) in [6.45, 7) is 3.65. The van der Waals surface area contributed by atoms with Gasteiger partial charge in [-0.15, -0.1) is 0 Å². The zero-order chi connectivity index (χ0) is 15.2. The quantitative estimate of drug-likeness (QED) is 0.877. The second-order valence-corrected chi connectivity index (χ2v) is 6.41. The van der Waals surface area contributed by atoms with Crippen LogP contribution < -0.4 is 10.1 Å². The van der Waals surface area contributed by atoms with Gasteiger partial charge in [-0.2, -0.15) is 0 Å². The molecule has 22 heavy (non-hydrogen) atoms. The molecule has 1 aromatic rings. The Kier molecular flexibility index (Phi) is 5.33. The highest BCUT2D eigenvalue weighted by Gasteiger charge is 2.27. The zero-order valence-electron chi connectivity index (χ0n) is 13.2. The number of benzene rings is 1. The van der Waals surface area contributed by atoms with Crippen molar-refractivity contribution < 1.29 is 9.53 Å². The molecule has 2 fully saturated rings. The first-order valence-electron chi connectivity index (χ1n) is 8.52. The Morgan fingerprint density at radius 3 is 2.50 bits per heavy atom. The van der Waals surface area contributed by atoms with Crippen molar-refractivity contribution in [3.05, 3.63) is 30.3 Å². The number of nitrogens with one attached hydrogen (secondary N) is 1. The normalized spacial score (nSPS) is 20.4. The minimum absolute atomic E-state index is 0.215. The summed E-state index contributed by atoms with van der Waals surface area (Å²) in [5.41, 5.74) is 0. The second-order valence-electron chi connectivity index (χ2n) is 6.41. The topological polar surface area (TPSA) is 41.6 Å². The molecule has 4 nitrogen and oxygen atoms in total. The highest BCUT2D eigenvalue weighted by molar-refractivity contribution is 5.79. The summed E-state index contributed by atoms with van der Waals surface area (Å²) < 4.78 is 5.74. The number of para-hydroxylation sites is 1. The largest absolute Gasteiger partial charge is 0.492 e. The van der Waals surface area contributed by atoms with Crippen molar-refractivity contribution in [1.29, 1.82) is 0 Å². The Morgan fingerprint density at radius 2 is 1.86 bits per heavy atom.